The van der Waals surface area contributed by atoms with E-state index in [1.807, 2.05) is 54.3 Å². The highest BCUT2D eigenvalue weighted by Gasteiger charge is 2.34. The highest BCUT2D eigenvalue weighted by molar-refractivity contribution is 7.80. The Labute approximate surface area is 198 Å². The second kappa shape index (κ2) is 8.64. The molecule has 0 spiro atoms. The summed E-state index contributed by atoms with van der Waals surface area (Å²) in [4.78, 5) is 6.83. The summed E-state index contributed by atoms with van der Waals surface area (Å²) < 4.78 is 5.83. The molecule has 1 aliphatic rings. The fraction of sp³-hybridized carbons (Fsp3) is 0.148. The molecule has 0 aliphatic carbocycles. The number of rotatable bonds is 4. The van der Waals surface area contributed by atoms with E-state index < -0.39 is 0 Å². The molecule has 2 heterocycles. The van der Waals surface area contributed by atoms with Crippen LogP contribution in [0.3, 0.4) is 0 Å². The molecule has 0 bridgehead atoms. The van der Waals surface area contributed by atoms with Crippen LogP contribution in [-0.2, 0) is 0 Å². The molecule has 0 saturated heterocycles. The maximum Gasteiger partial charge on any atom is 0.258 e. The van der Waals surface area contributed by atoms with E-state index in [0.29, 0.717) is 16.8 Å². The molecule has 1 N–H and O–H groups in total. The first-order valence-electron chi connectivity index (χ1n) is 10.9. The minimum Gasteiger partial charge on any atom is -0.351 e. The topological polar surface area (TPSA) is 54.2 Å². The third-order valence-corrected chi connectivity index (χ3v) is 6.11. The van der Waals surface area contributed by atoms with Crippen molar-refractivity contribution in [1.82, 2.24) is 15.5 Å². The van der Waals surface area contributed by atoms with E-state index in [1.165, 1.54) is 0 Å². The van der Waals surface area contributed by atoms with Crippen LogP contribution in [0.1, 0.15) is 35.5 Å². The number of benzene rings is 3. The number of hydrogen-bond donors (Lipinski definition) is 1. The second-order valence-electron chi connectivity index (χ2n) is 8.26. The molecule has 0 saturated carbocycles. The Morgan fingerprint density at radius 1 is 0.879 bits per heavy atom. The maximum atomic E-state index is 5.83. The third-order valence-electron chi connectivity index (χ3n) is 5.81. The summed E-state index contributed by atoms with van der Waals surface area (Å²) in [6.45, 7) is 6.17. The number of anilines is 1. The number of nitrogens with one attached hydrogen (secondary N) is 1. The first-order chi connectivity index (χ1) is 16.0. The van der Waals surface area contributed by atoms with Gasteiger partial charge in [-0.1, -0.05) is 71.4 Å². The predicted octanol–water partition coefficient (Wildman–Crippen LogP) is 6.22. The van der Waals surface area contributed by atoms with Crippen LogP contribution in [0, 0.1) is 13.8 Å². The predicted molar refractivity (Wildman–Crippen MR) is 136 cm³/mol. The van der Waals surface area contributed by atoms with Crippen molar-refractivity contribution in [3.05, 3.63) is 107 Å². The van der Waals surface area contributed by atoms with E-state index in [4.69, 9.17) is 21.7 Å². The average Bonchev–Trinajstić information content (AvgIpc) is 3.29. The molecule has 0 amide bonds. The van der Waals surface area contributed by atoms with Crippen molar-refractivity contribution >= 4 is 28.6 Å². The lowest BCUT2D eigenvalue weighted by molar-refractivity contribution is 0.404. The van der Waals surface area contributed by atoms with E-state index in [9.17, 15) is 0 Å². The summed E-state index contributed by atoms with van der Waals surface area (Å²) in [7, 11) is 0. The molecule has 1 aliphatic heterocycles. The van der Waals surface area contributed by atoms with Crippen LogP contribution >= 0.6 is 12.2 Å². The zero-order valence-corrected chi connectivity index (χ0v) is 19.6. The molecular formula is C27H24N4OS. The van der Waals surface area contributed by atoms with Gasteiger partial charge in [0.15, 0.2) is 5.11 Å². The molecule has 5 nitrogen and oxygen atoms in total. The standard InChI is InChI=1S/C27H24N4OS/c1-17-9-7-13-21(15-17)25-29-26(32-30-25)23-19(3)31(22-14-8-10-18(2)16-22)27(33)28-24(23)20-11-5-4-6-12-20/h4-16,24H,1-3H3,(H,28,33). The molecule has 1 unspecified atom stereocenters. The summed E-state index contributed by atoms with van der Waals surface area (Å²) in [6, 6.07) is 26.4. The van der Waals surface area contributed by atoms with Gasteiger partial charge in [-0.25, -0.2) is 0 Å². The van der Waals surface area contributed by atoms with Crippen molar-refractivity contribution < 1.29 is 4.52 Å². The van der Waals surface area contributed by atoms with Gasteiger partial charge in [-0.2, -0.15) is 4.98 Å². The number of allylic oxidation sites excluding steroid dienone is 1. The normalized spacial score (nSPS) is 16.2. The van der Waals surface area contributed by atoms with Gasteiger partial charge in [0.25, 0.3) is 5.89 Å². The molecule has 3 aromatic carbocycles. The molecular weight excluding hydrogens is 428 g/mol. The molecule has 164 valence electrons. The zero-order chi connectivity index (χ0) is 22.9. The van der Waals surface area contributed by atoms with Crippen LogP contribution in [0.5, 0.6) is 0 Å². The van der Waals surface area contributed by atoms with E-state index in [-0.39, 0.29) is 6.04 Å². The van der Waals surface area contributed by atoms with Gasteiger partial charge in [0, 0.05) is 16.9 Å². The fourth-order valence-corrected chi connectivity index (χ4v) is 4.59. The molecule has 4 aromatic rings. The van der Waals surface area contributed by atoms with Gasteiger partial charge in [0.2, 0.25) is 5.82 Å². The quantitative estimate of drug-likeness (QED) is 0.371. The second-order valence-corrected chi connectivity index (χ2v) is 8.65. The minimum atomic E-state index is -0.203. The third kappa shape index (κ3) is 4.05. The van der Waals surface area contributed by atoms with Crippen LogP contribution in [0.25, 0.3) is 17.0 Å². The number of nitrogens with zero attached hydrogens (tertiary/aromatic N) is 3. The summed E-state index contributed by atoms with van der Waals surface area (Å²) in [5.41, 5.74) is 7.16. The van der Waals surface area contributed by atoms with Crippen molar-refractivity contribution in [2.75, 3.05) is 4.90 Å². The summed E-state index contributed by atoms with van der Waals surface area (Å²) in [5, 5.41) is 8.44. The van der Waals surface area contributed by atoms with Crippen molar-refractivity contribution in [2.24, 2.45) is 0 Å². The lowest BCUT2D eigenvalue weighted by atomic mass is 9.94. The van der Waals surface area contributed by atoms with Gasteiger partial charge < -0.3 is 9.84 Å². The first kappa shape index (κ1) is 21.1. The Hall–Kier alpha value is -3.77. The first-order valence-corrected chi connectivity index (χ1v) is 11.3. The largest absolute Gasteiger partial charge is 0.351 e. The molecule has 33 heavy (non-hydrogen) atoms. The van der Waals surface area contributed by atoms with Crippen LogP contribution in [0.2, 0.25) is 0 Å². The highest BCUT2D eigenvalue weighted by atomic mass is 32.1. The summed E-state index contributed by atoms with van der Waals surface area (Å²) >= 11 is 5.82. The number of aromatic nitrogens is 2. The van der Waals surface area contributed by atoms with Gasteiger partial charge >= 0.3 is 0 Å². The number of hydrogen-bond acceptors (Lipinski definition) is 4. The molecule has 1 atom stereocenters. The van der Waals surface area contributed by atoms with Crippen molar-refractivity contribution in [2.45, 2.75) is 26.8 Å². The zero-order valence-electron chi connectivity index (χ0n) is 18.7. The van der Waals surface area contributed by atoms with Crippen LogP contribution in [0.4, 0.5) is 5.69 Å². The van der Waals surface area contributed by atoms with E-state index in [2.05, 4.69) is 60.7 Å². The molecule has 1 aromatic heterocycles. The van der Waals surface area contributed by atoms with Gasteiger partial charge in [0.1, 0.15) is 0 Å². The van der Waals surface area contributed by atoms with Gasteiger partial charge in [-0.15, -0.1) is 0 Å². The van der Waals surface area contributed by atoms with Crippen molar-refractivity contribution in [3.8, 4) is 11.4 Å². The van der Waals surface area contributed by atoms with E-state index >= 15 is 0 Å². The van der Waals surface area contributed by atoms with Crippen molar-refractivity contribution in [1.29, 1.82) is 0 Å². The average molecular weight is 453 g/mol. The Kier molecular flexibility index (Phi) is 5.52. The lowest BCUT2D eigenvalue weighted by Gasteiger charge is -2.37. The molecule has 6 heteroatoms. The highest BCUT2D eigenvalue weighted by Crippen LogP contribution is 2.39. The number of thiocarbonyl (C=S) groups is 1. The number of aryl methyl sites for hydroxylation is 2. The lowest BCUT2D eigenvalue weighted by Crippen LogP contribution is -2.46. The monoisotopic (exact) mass is 452 g/mol. The summed E-state index contributed by atoms with van der Waals surface area (Å²) in [6.07, 6.45) is 0. The van der Waals surface area contributed by atoms with E-state index in [1.54, 1.807) is 0 Å². The Balaban J connectivity index is 1.66. The van der Waals surface area contributed by atoms with Crippen LogP contribution in [0.15, 0.2) is 89.1 Å². The van der Waals surface area contributed by atoms with Crippen LogP contribution in [-0.4, -0.2) is 15.3 Å². The molecule has 5 rings (SSSR count). The molecule has 0 fully saturated rings. The maximum absolute atomic E-state index is 5.83. The SMILES string of the molecule is CC1=C(c2nc(-c3cccc(C)c3)no2)C(c2ccccc2)NC(=S)N1c1cccc(C)c1. The van der Waals surface area contributed by atoms with Crippen LogP contribution < -0.4 is 10.2 Å². The minimum absolute atomic E-state index is 0.203. The van der Waals surface area contributed by atoms with Gasteiger partial charge in [-0.3, -0.25) is 4.90 Å². The van der Waals surface area contributed by atoms with Gasteiger partial charge in [0.05, 0.1) is 11.6 Å². The smallest absolute Gasteiger partial charge is 0.258 e. The van der Waals surface area contributed by atoms with Gasteiger partial charge in [-0.05, 0) is 62.3 Å². The Morgan fingerprint density at radius 3 is 2.33 bits per heavy atom. The molecule has 0 radical (unpaired) electrons. The Morgan fingerprint density at radius 2 is 1.61 bits per heavy atom. The van der Waals surface area contributed by atoms with Crippen molar-refractivity contribution in [3.63, 3.8) is 0 Å². The Bertz CT molecular complexity index is 1360. The fourth-order valence-electron chi connectivity index (χ4n) is 4.23. The van der Waals surface area contributed by atoms with E-state index in [0.717, 1.165) is 39.2 Å². The summed E-state index contributed by atoms with van der Waals surface area (Å²) in [5.74, 6) is 1.04.